The summed E-state index contributed by atoms with van der Waals surface area (Å²) in [5, 5.41) is 0. The minimum absolute atomic E-state index is 0.467. The molecule has 0 saturated heterocycles. The van der Waals surface area contributed by atoms with Gasteiger partial charge in [-0.15, -0.1) is 0 Å². The van der Waals surface area contributed by atoms with E-state index in [4.69, 9.17) is 5.73 Å². The van der Waals surface area contributed by atoms with Crippen molar-refractivity contribution in [2.75, 3.05) is 0 Å². The molecule has 0 spiro atoms. The third-order valence-corrected chi connectivity index (χ3v) is 8.28. The van der Waals surface area contributed by atoms with Gasteiger partial charge in [-0.2, -0.15) is 0 Å². The number of rotatable bonds is 0. The van der Waals surface area contributed by atoms with E-state index in [1.165, 1.54) is 51.4 Å². The van der Waals surface area contributed by atoms with Crippen LogP contribution >= 0.6 is 0 Å². The summed E-state index contributed by atoms with van der Waals surface area (Å²) in [4.78, 5) is 0. The molecule has 4 aliphatic carbocycles. The Morgan fingerprint density at radius 1 is 0.900 bits per heavy atom. The van der Waals surface area contributed by atoms with Crippen LogP contribution in [0.5, 0.6) is 0 Å². The smallest absolute Gasteiger partial charge is 0.00957 e. The topological polar surface area (TPSA) is 26.0 Å². The van der Waals surface area contributed by atoms with Crippen molar-refractivity contribution >= 4 is 0 Å². The first-order valence-electron chi connectivity index (χ1n) is 8.96. The second-order valence-corrected chi connectivity index (χ2v) is 8.80. The standard InChI is InChI=1S/C19H31N/c1-18-11-4-3-5-13(18)6-7-14-15-8-9-17(20)19(15,2)12-10-16(14)18/h3-4,13-17H,5-12,20H2,1-2H3/t13?,14-,15-,16-,17?,18-,19-/m0/s1. The van der Waals surface area contributed by atoms with E-state index < -0.39 is 0 Å². The molecule has 112 valence electrons. The van der Waals surface area contributed by atoms with E-state index in [2.05, 4.69) is 26.0 Å². The second kappa shape index (κ2) is 4.35. The van der Waals surface area contributed by atoms with Gasteiger partial charge in [-0.25, -0.2) is 0 Å². The van der Waals surface area contributed by atoms with Gasteiger partial charge in [-0.3, -0.25) is 0 Å². The van der Waals surface area contributed by atoms with Gasteiger partial charge >= 0.3 is 0 Å². The summed E-state index contributed by atoms with van der Waals surface area (Å²) in [5.74, 6) is 3.86. The van der Waals surface area contributed by atoms with E-state index >= 15 is 0 Å². The zero-order valence-corrected chi connectivity index (χ0v) is 13.3. The quantitative estimate of drug-likeness (QED) is 0.645. The SMILES string of the molecule is C[C@]12CC=CCC1CC[C@@H]1[C@@H]2CC[C@]2(C)C(N)CC[C@@H]12. The Labute approximate surface area is 124 Å². The van der Waals surface area contributed by atoms with Crippen LogP contribution in [-0.2, 0) is 0 Å². The molecule has 4 rings (SSSR count). The number of fused-ring (bicyclic) bond motifs is 5. The number of hydrogen-bond donors (Lipinski definition) is 1. The predicted molar refractivity (Wildman–Crippen MR) is 84.2 cm³/mol. The van der Waals surface area contributed by atoms with E-state index in [0.717, 1.165) is 23.7 Å². The highest BCUT2D eigenvalue weighted by atomic mass is 14.8. The lowest BCUT2D eigenvalue weighted by Gasteiger charge is -2.59. The van der Waals surface area contributed by atoms with Gasteiger partial charge in [-0.1, -0.05) is 26.0 Å². The van der Waals surface area contributed by atoms with Crippen molar-refractivity contribution in [1.82, 2.24) is 0 Å². The van der Waals surface area contributed by atoms with E-state index in [0.29, 0.717) is 16.9 Å². The van der Waals surface area contributed by atoms with Crippen molar-refractivity contribution in [3.05, 3.63) is 12.2 Å². The van der Waals surface area contributed by atoms with E-state index in [9.17, 15) is 0 Å². The molecule has 20 heavy (non-hydrogen) atoms. The van der Waals surface area contributed by atoms with Gasteiger partial charge in [0.1, 0.15) is 0 Å². The molecule has 0 aromatic heterocycles. The lowest BCUT2D eigenvalue weighted by molar-refractivity contribution is -0.0897. The maximum absolute atomic E-state index is 6.50. The Kier molecular flexibility index (Phi) is 2.91. The summed E-state index contributed by atoms with van der Waals surface area (Å²) in [5.41, 5.74) is 7.57. The van der Waals surface area contributed by atoms with Gasteiger partial charge in [0.25, 0.3) is 0 Å². The van der Waals surface area contributed by atoms with Crippen molar-refractivity contribution in [3.8, 4) is 0 Å². The predicted octanol–water partition coefficient (Wildman–Crippen LogP) is 4.52. The molecule has 1 heteroatoms. The molecule has 0 bridgehead atoms. The third kappa shape index (κ3) is 1.59. The summed E-state index contributed by atoms with van der Waals surface area (Å²) < 4.78 is 0. The highest BCUT2D eigenvalue weighted by molar-refractivity contribution is 5.12. The zero-order chi connectivity index (χ0) is 14.0. The minimum atomic E-state index is 0.467. The molecular weight excluding hydrogens is 242 g/mol. The van der Waals surface area contributed by atoms with Crippen LogP contribution in [-0.4, -0.2) is 6.04 Å². The average Bonchev–Trinajstić information content (AvgIpc) is 2.74. The normalized spacial score (nSPS) is 57.9. The van der Waals surface area contributed by atoms with Crippen molar-refractivity contribution in [3.63, 3.8) is 0 Å². The Balaban J connectivity index is 1.66. The maximum Gasteiger partial charge on any atom is 0.00957 e. The molecule has 4 aliphatic rings. The molecule has 0 aromatic carbocycles. The van der Waals surface area contributed by atoms with Gasteiger partial charge in [0.05, 0.1) is 0 Å². The van der Waals surface area contributed by atoms with Gasteiger partial charge in [0, 0.05) is 6.04 Å². The van der Waals surface area contributed by atoms with Crippen LogP contribution in [0.15, 0.2) is 12.2 Å². The molecule has 0 radical (unpaired) electrons. The first kappa shape index (κ1) is 13.4. The number of hydrogen-bond acceptors (Lipinski definition) is 1. The van der Waals surface area contributed by atoms with E-state index in [1.54, 1.807) is 0 Å². The first-order valence-corrected chi connectivity index (χ1v) is 8.96. The fourth-order valence-corrected chi connectivity index (χ4v) is 6.88. The van der Waals surface area contributed by atoms with Gasteiger partial charge in [0.15, 0.2) is 0 Å². The molecule has 3 saturated carbocycles. The Morgan fingerprint density at radius 3 is 2.55 bits per heavy atom. The van der Waals surface area contributed by atoms with Crippen LogP contribution in [0.1, 0.15) is 65.2 Å². The van der Waals surface area contributed by atoms with Gasteiger partial charge < -0.3 is 5.73 Å². The van der Waals surface area contributed by atoms with Crippen LogP contribution in [0.25, 0.3) is 0 Å². The fourth-order valence-electron chi connectivity index (χ4n) is 6.88. The van der Waals surface area contributed by atoms with Crippen LogP contribution in [0, 0.1) is 34.5 Å². The summed E-state index contributed by atoms with van der Waals surface area (Å²) in [6.45, 7) is 5.14. The van der Waals surface area contributed by atoms with Gasteiger partial charge in [-0.05, 0) is 85.9 Å². The first-order chi connectivity index (χ1) is 9.56. The molecule has 0 amide bonds. The molecule has 7 atom stereocenters. The molecule has 3 fully saturated rings. The van der Waals surface area contributed by atoms with Crippen LogP contribution in [0.2, 0.25) is 0 Å². The molecule has 2 unspecified atom stereocenters. The average molecular weight is 273 g/mol. The highest BCUT2D eigenvalue weighted by Crippen LogP contribution is 2.65. The van der Waals surface area contributed by atoms with Crippen LogP contribution < -0.4 is 5.73 Å². The summed E-state index contributed by atoms with van der Waals surface area (Å²) in [6, 6.07) is 0.477. The largest absolute Gasteiger partial charge is 0.327 e. The zero-order valence-electron chi connectivity index (χ0n) is 13.3. The summed E-state index contributed by atoms with van der Waals surface area (Å²) in [6.07, 6.45) is 16.1. The second-order valence-electron chi connectivity index (χ2n) is 8.80. The molecule has 1 nitrogen and oxygen atoms in total. The van der Waals surface area contributed by atoms with Crippen molar-refractivity contribution in [2.24, 2.45) is 40.2 Å². The number of allylic oxidation sites excluding steroid dienone is 2. The van der Waals surface area contributed by atoms with Gasteiger partial charge in [0.2, 0.25) is 0 Å². The number of nitrogens with two attached hydrogens (primary N) is 1. The lowest BCUT2D eigenvalue weighted by atomic mass is 9.46. The third-order valence-electron chi connectivity index (χ3n) is 8.28. The van der Waals surface area contributed by atoms with Crippen molar-refractivity contribution in [1.29, 1.82) is 0 Å². The monoisotopic (exact) mass is 273 g/mol. The Bertz CT molecular complexity index is 427. The van der Waals surface area contributed by atoms with Crippen molar-refractivity contribution < 1.29 is 0 Å². The molecule has 0 heterocycles. The maximum atomic E-state index is 6.50. The minimum Gasteiger partial charge on any atom is -0.327 e. The summed E-state index contributed by atoms with van der Waals surface area (Å²) >= 11 is 0. The fraction of sp³-hybridized carbons (Fsp3) is 0.895. The van der Waals surface area contributed by atoms with Crippen LogP contribution in [0.3, 0.4) is 0 Å². The van der Waals surface area contributed by atoms with E-state index in [-0.39, 0.29) is 0 Å². The van der Waals surface area contributed by atoms with Crippen LogP contribution in [0.4, 0.5) is 0 Å². The molecule has 0 aliphatic heterocycles. The van der Waals surface area contributed by atoms with Crippen molar-refractivity contribution in [2.45, 2.75) is 71.3 Å². The van der Waals surface area contributed by atoms with E-state index in [1.807, 2.05) is 0 Å². The Morgan fingerprint density at radius 2 is 1.70 bits per heavy atom. The highest BCUT2D eigenvalue weighted by Gasteiger charge is 2.58. The lowest BCUT2D eigenvalue weighted by Crippen LogP contribution is -2.53. The molecule has 0 aromatic rings. The molecule has 2 N–H and O–H groups in total. The summed E-state index contributed by atoms with van der Waals surface area (Å²) in [7, 11) is 0. The Hall–Kier alpha value is -0.300. The molecular formula is C19H31N.